The SMILES string of the molecule is C[C@H](OC(C)(C)C)[C@@H](N)CC(=O)O. The predicted molar refractivity (Wildman–Crippen MR) is 50.5 cm³/mol. The Morgan fingerprint density at radius 3 is 2.31 bits per heavy atom. The molecular formula is C9H19NO3. The maximum atomic E-state index is 10.3. The number of carbonyl (C=O) groups is 1. The van der Waals surface area contributed by atoms with Crippen LogP contribution in [0.4, 0.5) is 0 Å². The second kappa shape index (κ2) is 4.58. The summed E-state index contributed by atoms with van der Waals surface area (Å²) in [7, 11) is 0. The van der Waals surface area contributed by atoms with E-state index in [1.54, 1.807) is 6.92 Å². The lowest BCUT2D eigenvalue weighted by Crippen LogP contribution is -2.40. The summed E-state index contributed by atoms with van der Waals surface area (Å²) < 4.78 is 5.51. The monoisotopic (exact) mass is 189 g/mol. The molecule has 0 aliphatic rings. The highest BCUT2D eigenvalue weighted by Crippen LogP contribution is 2.13. The molecule has 0 bridgehead atoms. The van der Waals surface area contributed by atoms with Crippen LogP contribution < -0.4 is 5.73 Å². The summed E-state index contributed by atoms with van der Waals surface area (Å²) in [4.78, 5) is 10.3. The molecule has 0 rings (SSSR count). The van der Waals surface area contributed by atoms with Gasteiger partial charge in [0.15, 0.2) is 0 Å². The summed E-state index contributed by atoms with van der Waals surface area (Å²) in [5, 5.41) is 8.50. The van der Waals surface area contributed by atoms with Crippen LogP contribution in [-0.2, 0) is 9.53 Å². The minimum absolute atomic E-state index is 0.0583. The van der Waals surface area contributed by atoms with Gasteiger partial charge in [-0.3, -0.25) is 4.79 Å². The molecule has 0 aromatic rings. The summed E-state index contributed by atoms with van der Waals surface area (Å²) in [6, 6.07) is -0.447. The summed E-state index contributed by atoms with van der Waals surface area (Å²) >= 11 is 0. The van der Waals surface area contributed by atoms with E-state index in [0.717, 1.165) is 0 Å². The second-order valence-electron chi connectivity index (χ2n) is 4.20. The topological polar surface area (TPSA) is 72.5 Å². The number of ether oxygens (including phenoxy) is 1. The van der Waals surface area contributed by atoms with Crippen molar-refractivity contribution in [3.05, 3.63) is 0 Å². The molecule has 0 amide bonds. The maximum absolute atomic E-state index is 10.3. The molecular weight excluding hydrogens is 170 g/mol. The standard InChI is InChI=1S/C9H19NO3/c1-6(13-9(2,3)4)7(10)5-8(11)12/h6-7H,5,10H2,1-4H3,(H,11,12)/t6-,7-/m0/s1. The lowest BCUT2D eigenvalue weighted by atomic mass is 10.1. The Balaban J connectivity index is 3.96. The van der Waals surface area contributed by atoms with Crippen LogP contribution in [-0.4, -0.2) is 28.8 Å². The van der Waals surface area contributed by atoms with Crippen LogP contribution in [0.15, 0.2) is 0 Å². The van der Waals surface area contributed by atoms with Crippen LogP contribution in [0.2, 0.25) is 0 Å². The Morgan fingerprint density at radius 2 is 2.00 bits per heavy atom. The van der Waals surface area contributed by atoms with E-state index in [9.17, 15) is 4.79 Å². The van der Waals surface area contributed by atoms with Crippen molar-refractivity contribution < 1.29 is 14.6 Å². The number of rotatable bonds is 4. The van der Waals surface area contributed by atoms with Gasteiger partial charge < -0.3 is 15.6 Å². The fourth-order valence-corrected chi connectivity index (χ4v) is 1.01. The van der Waals surface area contributed by atoms with Crippen molar-refractivity contribution in [2.45, 2.75) is 51.9 Å². The summed E-state index contributed by atoms with van der Waals surface area (Å²) in [6.07, 6.45) is -0.298. The zero-order valence-electron chi connectivity index (χ0n) is 8.70. The van der Waals surface area contributed by atoms with E-state index in [-0.39, 0.29) is 18.1 Å². The quantitative estimate of drug-likeness (QED) is 0.691. The molecule has 0 fully saturated rings. The Bertz CT molecular complexity index is 174. The van der Waals surface area contributed by atoms with Gasteiger partial charge in [-0.05, 0) is 27.7 Å². The van der Waals surface area contributed by atoms with E-state index < -0.39 is 12.0 Å². The van der Waals surface area contributed by atoms with Crippen molar-refractivity contribution in [1.29, 1.82) is 0 Å². The van der Waals surface area contributed by atoms with Crippen LogP contribution in [0.1, 0.15) is 34.1 Å². The van der Waals surface area contributed by atoms with Crippen LogP contribution in [0.3, 0.4) is 0 Å². The Morgan fingerprint density at radius 1 is 1.54 bits per heavy atom. The first kappa shape index (κ1) is 12.4. The van der Waals surface area contributed by atoms with Gasteiger partial charge in [0.25, 0.3) is 0 Å². The number of nitrogens with two attached hydrogens (primary N) is 1. The molecule has 0 saturated carbocycles. The van der Waals surface area contributed by atoms with Crippen LogP contribution in [0, 0.1) is 0 Å². The Kier molecular flexibility index (Phi) is 4.36. The minimum Gasteiger partial charge on any atom is -0.481 e. The van der Waals surface area contributed by atoms with Gasteiger partial charge in [0, 0.05) is 6.04 Å². The Hall–Kier alpha value is -0.610. The average molecular weight is 189 g/mol. The summed E-state index contributed by atoms with van der Waals surface area (Å²) in [6.45, 7) is 7.53. The molecule has 13 heavy (non-hydrogen) atoms. The molecule has 78 valence electrons. The lowest BCUT2D eigenvalue weighted by molar-refractivity contribution is -0.139. The van der Waals surface area contributed by atoms with Gasteiger partial charge in [0.05, 0.1) is 18.1 Å². The highest BCUT2D eigenvalue weighted by molar-refractivity contribution is 5.67. The van der Waals surface area contributed by atoms with Gasteiger partial charge in [-0.2, -0.15) is 0 Å². The van der Waals surface area contributed by atoms with E-state index in [1.165, 1.54) is 0 Å². The lowest BCUT2D eigenvalue weighted by Gasteiger charge is -2.28. The van der Waals surface area contributed by atoms with Gasteiger partial charge in [0.2, 0.25) is 0 Å². The van der Waals surface area contributed by atoms with E-state index in [2.05, 4.69) is 0 Å². The Labute approximate surface area is 79.1 Å². The molecule has 0 aliphatic carbocycles. The van der Waals surface area contributed by atoms with Crippen molar-refractivity contribution in [3.63, 3.8) is 0 Å². The first-order valence-electron chi connectivity index (χ1n) is 4.37. The molecule has 0 aliphatic heterocycles. The molecule has 4 nitrogen and oxygen atoms in total. The van der Waals surface area contributed by atoms with Crippen molar-refractivity contribution in [2.24, 2.45) is 5.73 Å². The van der Waals surface area contributed by atoms with E-state index >= 15 is 0 Å². The maximum Gasteiger partial charge on any atom is 0.305 e. The molecule has 0 aromatic carbocycles. The van der Waals surface area contributed by atoms with Crippen LogP contribution >= 0.6 is 0 Å². The molecule has 2 atom stereocenters. The summed E-state index contributed by atoms with van der Waals surface area (Å²) in [5.74, 6) is -0.892. The van der Waals surface area contributed by atoms with Crippen molar-refractivity contribution >= 4 is 5.97 Å². The first-order chi connectivity index (χ1) is 5.72. The van der Waals surface area contributed by atoms with Crippen molar-refractivity contribution in [3.8, 4) is 0 Å². The first-order valence-corrected chi connectivity index (χ1v) is 4.37. The summed E-state index contributed by atoms with van der Waals surface area (Å²) in [5.41, 5.74) is 5.34. The largest absolute Gasteiger partial charge is 0.481 e. The second-order valence-corrected chi connectivity index (χ2v) is 4.20. The fraction of sp³-hybridized carbons (Fsp3) is 0.889. The van der Waals surface area contributed by atoms with Crippen molar-refractivity contribution in [1.82, 2.24) is 0 Å². The van der Waals surface area contributed by atoms with Crippen LogP contribution in [0.5, 0.6) is 0 Å². The zero-order chi connectivity index (χ0) is 10.6. The third-order valence-corrected chi connectivity index (χ3v) is 1.55. The number of aliphatic carboxylic acids is 1. The molecule has 0 heterocycles. The number of hydrogen-bond acceptors (Lipinski definition) is 3. The minimum atomic E-state index is -0.892. The fourth-order valence-electron chi connectivity index (χ4n) is 1.01. The molecule has 0 unspecified atom stereocenters. The average Bonchev–Trinajstić information content (AvgIpc) is 1.81. The molecule has 0 aromatic heterocycles. The highest BCUT2D eigenvalue weighted by Gasteiger charge is 2.22. The van der Waals surface area contributed by atoms with Crippen LogP contribution in [0.25, 0.3) is 0 Å². The van der Waals surface area contributed by atoms with E-state index in [0.29, 0.717) is 0 Å². The van der Waals surface area contributed by atoms with Gasteiger partial charge in [-0.25, -0.2) is 0 Å². The molecule has 0 saturated heterocycles. The van der Waals surface area contributed by atoms with Gasteiger partial charge >= 0.3 is 5.97 Å². The normalized spacial score (nSPS) is 16.7. The van der Waals surface area contributed by atoms with E-state index in [1.807, 2.05) is 20.8 Å². The molecule has 0 spiro atoms. The van der Waals surface area contributed by atoms with E-state index in [4.69, 9.17) is 15.6 Å². The van der Waals surface area contributed by atoms with Gasteiger partial charge in [-0.15, -0.1) is 0 Å². The molecule has 3 N–H and O–H groups in total. The predicted octanol–water partition coefficient (Wildman–Crippen LogP) is 0.992. The van der Waals surface area contributed by atoms with Gasteiger partial charge in [0.1, 0.15) is 0 Å². The molecule has 4 heteroatoms. The number of hydrogen-bond donors (Lipinski definition) is 2. The highest BCUT2D eigenvalue weighted by atomic mass is 16.5. The third-order valence-electron chi connectivity index (χ3n) is 1.55. The van der Waals surface area contributed by atoms with Gasteiger partial charge in [-0.1, -0.05) is 0 Å². The smallest absolute Gasteiger partial charge is 0.305 e. The van der Waals surface area contributed by atoms with Crippen molar-refractivity contribution in [2.75, 3.05) is 0 Å². The number of carboxylic acid groups (broad SMARTS) is 1. The zero-order valence-corrected chi connectivity index (χ0v) is 8.70. The third kappa shape index (κ3) is 6.54. The molecule has 0 radical (unpaired) electrons. The number of carboxylic acids is 1.